The van der Waals surface area contributed by atoms with E-state index in [4.69, 9.17) is 5.73 Å². The van der Waals surface area contributed by atoms with Crippen LogP contribution in [0.2, 0.25) is 0 Å². The Labute approximate surface area is 113 Å². The standard InChI is InChI=1S/C15H22F2N2/c1-10-4-3-5-11(2)19(10)9-15(18)12-6-7-13(16)14(17)8-12/h6-8,10-11,15H,3-5,9,18H2,1-2H3. The molecule has 1 aromatic rings. The van der Waals surface area contributed by atoms with E-state index in [9.17, 15) is 8.78 Å². The largest absolute Gasteiger partial charge is 0.323 e. The van der Waals surface area contributed by atoms with Crippen molar-refractivity contribution in [1.82, 2.24) is 4.90 Å². The summed E-state index contributed by atoms with van der Waals surface area (Å²) in [5.41, 5.74) is 6.79. The third-order valence-corrected chi connectivity index (χ3v) is 4.16. The molecular weight excluding hydrogens is 246 g/mol. The normalized spacial score (nSPS) is 26.4. The number of nitrogens with zero attached hydrogens (tertiary/aromatic N) is 1. The molecule has 1 aliphatic heterocycles. The van der Waals surface area contributed by atoms with Crippen molar-refractivity contribution < 1.29 is 8.78 Å². The molecule has 106 valence electrons. The number of rotatable bonds is 3. The fourth-order valence-electron chi connectivity index (χ4n) is 2.91. The van der Waals surface area contributed by atoms with Crippen LogP contribution in [0.5, 0.6) is 0 Å². The number of halogens is 2. The molecule has 2 rings (SSSR count). The highest BCUT2D eigenvalue weighted by Gasteiger charge is 2.26. The lowest BCUT2D eigenvalue weighted by molar-refractivity contribution is 0.0961. The van der Waals surface area contributed by atoms with Crippen molar-refractivity contribution in [3.8, 4) is 0 Å². The summed E-state index contributed by atoms with van der Waals surface area (Å²) in [6, 6.07) is 4.65. The Kier molecular flexibility index (Phi) is 4.53. The Bertz CT molecular complexity index is 426. The molecule has 1 aliphatic rings. The average molecular weight is 268 g/mol. The van der Waals surface area contributed by atoms with Crippen LogP contribution in [0, 0.1) is 11.6 Å². The maximum atomic E-state index is 13.2. The van der Waals surface area contributed by atoms with Gasteiger partial charge in [-0.15, -0.1) is 0 Å². The van der Waals surface area contributed by atoms with Crippen molar-refractivity contribution in [3.05, 3.63) is 35.4 Å². The average Bonchev–Trinajstić information content (AvgIpc) is 2.37. The van der Waals surface area contributed by atoms with E-state index in [1.165, 1.54) is 25.3 Å². The number of nitrogens with two attached hydrogens (primary N) is 1. The van der Waals surface area contributed by atoms with Gasteiger partial charge in [0.25, 0.3) is 0 Å². The van der Waals surface area contributed by atoms with Crippen LogP contribution in [0.4, 0.5) is 8.78 Å². The first-order valence-corrected chi connectivity index (χ1v) is 6.95. The van der Waals surface area contributed by atoms with E-state index in [1.807, 2.05) is 0 Å². The molecular formula is C15H22F2N2. The Morgan fingerprint density at radius 3 is 2.42 bits per heavy atom. The van der Waals surface area contributed by atoms with E-state index >= 15 is 0 Å². The van der Waals surface area contributed by atoms with Gasteiger partial charge in [-0.1, -0.05) is 12.5 Å². The van der Waals surface area contributed by atoms with Crippen LogP contribution < -0.4 is 5.73 Å². The maximum absolute atomic E-state index is 13.2. The molecule has 0 bridgehead atoms. The van der Waals surface area contributed by atoms with Gasteiger partial charge in [-0.05, 0) is 44.4 Å². The molecule has 0 amide bonds. The van der Waals surface area contributed by atoms with Crippen molar-refractivity contribution in [2.75, 3.05) is 6.54 Å². The minimum absolute atomic E-state index is 0.280. The molecule has 3 atom stereocenters. The van der Waals surface area contributed by atoms with Gasteiger partial charge < -0.3 is 5.73 Å². The molecule has 3 unspecified atom stereocenters. The van der Waals surface area contributed by atoms with E-state index < -0.39 is 11.6 Å². The minimum Gasteiger partial charge on any atom is -0.323 e. The SMILES string of the molecule is CC1CCCC(C)N1CC(N)c1ccc(F)c(F)c1. The zero-order chi connectivity index (χ0) is 14.0. The maximum Gasteiger partial charge on any atom is 0.159 e. The van der Waals surface area contributed by atoms with Crippen molar-refractivity contribution in [2.45, 2.75) is 51.2 Å². The smallest absolute Gasteiger partial charge is 0.159 e. The molecule has 0 aromatic heterocycles. The van der Waals surface area contributed by atoms with Gasteiger partial charge in [0.05, 0.1) is 0 Å². The fourth-order valence-corrected chi connectivity index (χ4v) is 2.91. The predicted octanol–water partition coefficient (Wildman–Crippen LogP) is 3.23. The summed E-state index contributed by atoms with van der Waals surface area (Å²) in [6.45, 7) is 5.09. The van der Waals surface area contributed by atoms with Crippen molar-refractivity contribution in [2.24, 2.45) is 5.73 Å². The number of piperidine rings is 1. The molecule has 0 saturated carbocycles. The Hall–Kier alpha value is -1.00. The molecule has 0 radical (unpaired) electrons. The van der Waals surface area contributed by atoms with Gasteiger partial charge in [0.1, 0.15) is 0 Å². The van der Waals surface area contributed by atoms with Crippen molar-refractivity contribution in [3.63, 3.8) is 0 Å². The summed E-state index contributed by atoms with van der Waals surface area (Å²) in [5, 5.41) is 0. The first kappa shape index (κ1) is 14.4. The summed E-state index contributed by atoms with van der Waals surface area (Å²) in [4.78, 5) is 2.37. The van der Waals surface area contributed by atoms with Gasteiger partial charge in [0, 0.05) is 24.7 Å². The quantitative estimate of drug-likeness (QED) is 0.912. The second kappa shape index (κ2) is 5.97. The summed E-state index contributed by atoms with van der Waals surface area (Å²) in [6.07, 6.45) is 3.60. The minimum atomic E-state index is -0.826. The van der Waals surface area contributed by atoms with Gasteiger partial charge in [-0.3, -0.25) is 4.90 Å². The summed E-state index contributed by atoms with van der Waals surface area (Å²) in [5.74, 6) is -1.65. The van der Waals surface area contributed by atoms with Gasteiger partial charge in [-0.25, -0.2) is 8.78 Å². The molecule has 2 nitrogen and oxygen atoms in total. The molecule has 1 aromatic carbocycles. The molecule has 1 heterocycles. The fraction of sp³-hybridized carbons (Fsp3) is 0.600. The molecule has 4 heteroatoms. The zero-order valence-corrected chi connectivity index (χ0v) is 11.6. The summed E-state index contributed by atoms with van der Waals surface area (Å²) < 4.78 is 26.1. The summed E-state index contributed by atoms with van der Waals surface area (Å²) >= 11 is 0. The third kappa shape index (κ3) is 3.31. The first-order chi connectivity index (χ1) is 8.99. The van der Waals surface area contributed by atoms with Gasteiger partial charge >= 0.3 is 0 Å². The van der Waals surface area contributed by atoms with Crippen LogP contribution in [0.3, 0.4) is 0 Å². The molecule has 19 heavy (non-hydrogen) atoms. The van der Waals surface area contributed by atoms with E-state index in [0.717, 1.165) is 6.07 Å². The number of likely N-dealkylation sites (tertiary alicyclic amines) is 1. The van der Waals surface area contributed by atoms with Gasteiger partial charge in [0.15, 0.2) is 11.6 Å². The molecule has 0 spiro atoms. The van der Waals surface area contributed by atoms with Crippen molar-refractivity contribution >= 4 is 0 Å². The first-order valence-electron chi connectivity index (χ1n) is 6.95. The van der Waals surface area contributed by atoms with E-state index in [0.29, 0.717) is 24.2 Å². The van der Waals surface area contributed by atoms with E-state index in [1.54, 1.807) is 6.07 Å². The zero-order valence-electron chi connectivity index (χ0n) is 11.6. The number of hydrogen-bond acceptors (Lipinski definition) is 2. The van der Waals surface area contributed by atoms with Gasteiger partial charge in [0.2, 0.25) is 0 Å². The monoisotopic (exact) mass is 268 g/mol. The van der Waals surface area contributed by atoms with Gasteiger partial charge in [-0.2, -0.15) is 0 Å². The van der Waals surface area contributed by atoms with Crippen molar-refractivity contribution in [1.29, 1.82) is 0 Å². The second-order valence-corrected chi connectivity index (χ2v) is 5.61. The van der Waals surface area contributed by atoms with Crippen LogP contribution in [-0.4, -0.2) is 23.5 Å². The lowest BCUT2D eigenvalue weighted by Crippen LogP contribution is -2.46. The van der Waals surface area contributed by atoms with Crippen LogP contribution in [-0.2, 0) is 0 Å². The highest BCUT2D eigenvalue weighted by Crippen LogP contribution is 2.25. The molecule has 1 fully saturated rings. The van der Waals surface area contributed by atoms with E-state index in [-0.39, 0.29) is 6.04 Å². The van der Waals surface area contributed by atoms with Crippen LogP contribution in [0.25, 0.3) is 0 Å². The predicted molar refractivity (Wildman–Crippen MR) is 72.8 cm³/mol. The topological polar surface area (TPSA) is 29.3 Å². The highest BCUT2D eigenvalue weighted by atomic mass is 19.2. The Morgan fingerprint density at radius 2 is 1.84 bits per heavy atom. The lowest BCUT2D eigenvalue weighted by Gasteiger charge is -2.40. The molecule has 1 saturated heterocycles. The molecule has 2 N–H and O–H groups in total. The highest BCUT2D eigenvalue weighted by molar-refractivity contribution is 5.21. The van der Waals surface area contributed by atoms with Crippen LogP contribution in [0.15, 0.2) is 18.2 Å². The Morgan fingerprint density at radius 1 is 1.21 bits per heavy atom. The van der Waals surface area contributed by atoms with Crippen LogP contribution in [0.1, 0.15) is 44.7 Å². The third-order valence-electron chi connectivity index (χ3n) is 4.16. The number of benzene rings is 1. The lowest BCUT2D eigenvalue weighted by atomic mass is 9.96. The number of hydrogen-bond donors (Lipinski definition) is 1. The Balaban J connectivity index is 2.07. The summed E-state index contributed by atoms with van der Waals surface area (Å²) in [7, 11) is 0. The van der Waals surface area contributed by atoms with Crippen LogP contribution >= 0.6 is 0 Å². The van der Waals surface area contributed by atoms with E-state index in [2.05, 4.69) is 18.7 Å². The molecule has 0 aliphatic carbocycles. The second-order valence-electron chi connectivity index (χ2n) is 5.61.